The van der Waals surface area contributed by atoms with Crippen LogP contribution in [0.3, 0.4) is 0 Å². The number of rotatable bonds is 5. The largest absolute Gasteiger partial charge is 0.488 e. The summed E-state index contributed by atoms with van der Waals surface area (Å²) < 4.78 is 37.7. The molecular formula is C20H19F2N3O3. The van der Waals surface area contributed by atoms with E-state index in [9.17, 15) is 13.6 Å². The summed E-state index contributed by atoms with van der Waals surface area (Å²) in [6.45, 7) is 0.517. The molecule has 3 fully saturated rings. The predicted molar refractivity (Wildman–Crippen MR) is 94.3 cm³/mol. The first-order valence-electron chi connectivity index (χ1n) is 9.38. The Kier molecular flexibility index (Phi) is 3.96. The third-order valence-electron chi connectivity index (χ3n) is 6.26. The molecule has 1 aromatic heterocycles. The molecule has 4 aliphatic rings. The van der Waals surface area contributed by atoms with E-state index in [1.54, 1.807) is 6.21 Å². The summed E-state index contributed by atoms with van der Waals surface area (Å²) in [6, 6.07) is 2.92. The molecule has 1 aliphatic heterocycles. The third-order valence-corrected chi connectivity index (χ3v) is 6.26. The molecule has 6 nitrogen and oxygen atoms in total. The van der Waals surface area contributed by atoms with Gasteiger partial charge in [-0.1, -0.05) is 5.16 Å². The van der Waals surface area contributed by atoms with E-state index >= 15 is 0 Å². The number of carbonyl (C=O) groups excluding carboxylic acids is 1. The first-order valence-corrected chi connectivity index (χ1v) is 9.38. The Morgan fingerprint density at radius 1 is 1.25 bits per heavy atom. The number of aromatic nitrogens is 1. The number of benzene rings is 1. The van der Waals surface area contributed by atoms with Crippen LogP contribution >= 0.6 is 0 Å². The van der Waals surface area contributed by atoms with Crippen LogP contribution in [0.15, 0.2) is 40.3 Å². The quantitative estimate of drug-likeness (QED) is 0.784. The molecule has 3 saturated carbocycles. The molecule has 6 rings (SSSR count). The Labute approximate surface area is 160 Å². The highest BCUT2D eigenvalue weighted by atomic mass is 19.1. The predicted octanol–water partition coefficient (Wildman–Crippen LogP) is 3.71. The Morgan fingerprint density at radius 2 is 2.04 bits per heavy atom. The minimum absolute atomic E-state index is 0.0559. The normalized spacial score (nSPS) is 30.5. The number of carbonyl (C=O) groups is 1. The summed E-state index contributed by atoms with van der Waals surface area (Å²) in [7, 11) is 0. The van der Waals surface area contributed by atoms with Crippen molar-refractivity contribution in [2.45, 2.75) is 31.7 Å². The average molecular weight is 387 g/mol. The lowest BCUT2D eigenvalue weighted by Crippen LogP contribution is -2.45. The molecule has 2 heterocycles. The van der Waals surface area contributed by atoms with Crippen LogP contribution in [0.2, 0.25) is 0 Å². The van der Waals surface area contributed by atoms with Gasteiger partial charge < -0.3 is 9.26 Å². The first kappa shape index (κ1) is 17.3. The smallest absolute Gasteiger partial charge is 0.249 e. The molecular weight excluding hydrogens is 368 g/mol. The summed E-state index contributed by atoms with van der Waals surface area (Å²) in [5.41, 5.74) is -0.0139. The molecule has 2 bridgehead atoms. The Bertz CT molecular complexity index is 905. The van der Waals surface area contributed by atoms with Gasteiger partial charge in [0.15, 0.2) is 12.0 Å². The van der Waals surface area contributed by atoms with Crippen molar-refractivity contribution in [2.24, 2.45) is 22.4 Å². The molecule has 0 radical (unpaired) electrons. The van der Waals surface area contributed by atoms with E-state index < -0.39 is 23.1 Å². The fraction of sp³-hybridized carbons (Fsp3) is 0.450. The molecule has 146 valence electrons. The number of hydrogen-bond donors (Lipinski definition) is 0. The molecule has 2 aromatic rings. The number of fused-ring (bicyclic) bond motifs is 1. The van der Waals surface area contributed by atoms with Crippen molar-refractivity contribution in [1.82, 2.24) is 10.2 Å². The Hall–Kier alpha value is -2.77. The van der Waals surface area contributed by atoms with Gasteiger partial charge in [0.1, 0.15) is 17.8 Å². The van der Waals surface area contributed by atoms with Crippen LogP contribution in [0.5, 0.6) is 5.75 Å². The second-order valence-corrected chi connectivity index (χ2v) is 7.99. The molecule has 2 atom stereocenters. The minimum atomic E-state index is -0.650. The van der Waals surface area contributed by atoms with Crippen molar-refractivity contribution in [3.63, 3.8) is 0 Å². The molecule has 0 N–H and O–H groups in total. The van der Waals surface area contributed by atoms with E-state index in [4.69, 9.17) is 9.26 Å². The maximum absolute atomic E-state index is 13.6. The van der Waals surface area contributed by atoms with Gasteiger partial charge in [-0.15, -0.1) is 0 Å². The van der Waals surface area contributed by atoms with Gasteiger partial charge in [0.2, 0.25) is 5.91 Å². The monoisotopic (exact) mass is 387 g/mol. The third kappa shape index (κ3) is 2.78. The topological polar surface area (TPSA) is 67.9 Å². The van der Waals surface area contributed by atoms with E-state index in [2.05, 4.69) is 10.3 Å². The van der Waals surface area contributed by atoms with Gasteiger partial charge in [0.05, 0.1) is 18.1 Å². The molecule has 1 aromatic carbocycles. The number of nitrogens with zero attached hydrogens (tertiary/aromatic N) is 3. The van der Waals surface area contributed by atoms with Gasteiger partial charge in [0, 0.05) is 18.7 Å². The number of hydrogen-bond acceptors (Lipinski definition) is 5. The Morgan fingerprint density at radius 3 is 2.75 bits per heavy atom. The van der Waals surface area contributed by atoms with Crippen molar-refractivity contribution in [3.8, 4) is 5.75 Å². The van der Waals surface area contributed by atoms with Crippen LogP contribution < -0.4 is 4.74 Å². The van der Waals surface area contributed by atoms with Crippen LogP contribution in [0.25, 0.3) is 0 Å². The van der Waals surface area contributed by atoms with Gasteiger partial charge in [-0.25, -0.2) is 13.8 Å². The second-order valence-electron chi connectivity index (χ2n) is 7.99. The van der Waals surface area contributed by atoms with Crippen molar-refractivity contribution < 1.29 is 22.8 Å². The van der Waals surface area contributed by atoms with Crippen LogP contribution in [0, 0.1) is 28.9 Å². The molecule has 0 spiro atoms. The highest BCUT2D eigenvalue weighted by Gasteiger charge is 2.62. The Balaban J connectivity index is 1.29. The van der Waals surface area contributed by atoms with Crippen LogP contribution in [0.4, 0.5) is 8.78 Å². The van der Waals surface area contributed by atoms with Gasteiger partial charge in [0.25, 0.3) is 0 Å². The fourth-order valence-corrected chi connectivity index (χ4v) is 4.94. The standard InChI is InChI=1S/C20H19F2N3O3/c21-15-3-12(4-16(22)5-15)18-1-2-23-25(18)19(26)20-6-13(7-20)14(8-20)10-27-17-9-24-28-11-17/h2-5,9,11,13-14,18H,1,6-8,10H2. The van der Waals surface area contributed by atoms with Crippen molar-refractivity contribution >= 4 is 12.1 Å². The summed E-state index contributed by atoms with van der Waals surface area (Å²) in [5, 5.41) is 9.28. The lowest BCUT2D eigenvalue weighted by atomic mass is 9.68. The molecule has 0 saturated heterocycles. The molecule has 28 heavy (non-hydrogen) atoms. The van der Waals surface area contributed by atoms with Gasteiger partial charge in [-0.2, -0.15) is 5.10 Å². The zero-order valence-corrected chi connectivity index (χ0v) is 15.1. The van der Waals surface area contributed by atoms with E-state index in [-0.39, 0.29) is 11.8 Å². The summed E-state index contributed by atoms with van der Waals surface area (Å²) in [5.74, 6) is -0.0385. The molecule has 1 amide bonds. The number of halogens is 2. The second kappa shape index (κ2) is 6.39. The highest BCUT2D eigenvalue weighted by Crippen LogP contribution is 2.63. The van der Waals surface area contributed by atoms with Crippen LogP contribution in [-0.4, -0.2) is 28.9 Å². The average Bonchev–Trinajstić information content (AvgIpc) is 3.40. The van der Waals surface area contributed by atoms with Crippen LogP contribution in [0.1, 0.15) is 37.3 Å². The first-order chi connectivity index (χ1) is 13.5. The SMILES string of the molecule is O=C(N1N=CCC1c1cc(F)cc(F)c1)C12CC(COc3cnoc3)C(C1)C2. The molecule has 3 aliphatic carbocycles. The lowest BCUT2D eigenvalue weighted by molar-refractivity contribution is -0.148. The fourth-order valence-electron chi connectivity index (χ4n) is 4.94. The number of hydrazone groups is 1. The van der Waals surface area contributed by atoms with E-state index in [0.29, 0.717) is 30.3 Å². The van der Waals surface area contributed by atoms with Gasteiger partial charge in [-0.05, 0) is 48.8 Å². The zero-order valence-electron chi connectivity index (χ0n) is 15.1. The zero-order chi connectivity index (χ0) is 19.3. The van der Waals surface area contributed by atoms with Crippen molar-refractivity contribution in [2.75, 3.05) is 6.61 Å². The van der Waals surface area contributed by atoms with E-state index in [0.717, 1.165) is 25.3 Å². The number of amides is 1. The van der Waals surface area contributed by atoms with Crippen molar-refractivity contribution in [3.05, 3.63) is 47.9 Å². The van der Waals surface area contributed by atoms with Gasteiger partial charge in [-0.3, -0.25) is 4.79 Å². The van der Waals surface area contributed by atoms with Crippen molar-refractivity contribution in [1.29, 1.82) is 0 Å². The highest BCUT2D eigenvalue weighted by molar-refractivity contribution is 5.86. The van der Waals surface area contributed by atoms with Gasteiger partial charge >= 0.3 is 0 Å². The van der Waals surface area contributed by atoms with E-state index in [1.165, 1.54) is 29.6 Å². The van der Waals surface area contributed by atoms with E-state index in [1.807, 2.05) is 0 Å². The minimum Gasteiger partial charge on any atom is -0.488 e. The summed E-state index contributed by atoms with van der Waals surface area (Å²) in [6.07, 6.45) is 7.40. The molecule has 8 heteroatoms. The summed E-state index contributed by atoms with van der Waals surface area (Å²) in [4.78, 5) is 13.3. The van der Waals surface area contributed by atoms with Crippen LogP contribution in [-0.2, 0) is 4.79 Å². The maximum atomic E-state index is 13.6. The maximum Gasteiger partial charge on any atom is 0.249 e. The lowest BCUT2D eigenvalue weighted by Gasteiger charge is -2.40. The number of ether oxygens (including phenoxy) is 1. The summed E-state index contributed by atoms with van der Waals surface area (Å²) >= 11 is 0. The molecule has 2 unspecified atom stereocenters.